The molecule has 2 nitrogen and oxygen atoms in total. The Morgan fingerprint density at radius 2 is 1.95 bits per heavy atom. The van der Waals surface area contributed by atoms with Crippen LogP contribution in [0.2, 0.25) is 5.02 Å². The first-order chi connectivity index (χ1) is 9.51. The molecule has 0 aliphatic carbocycles. The van der Waals surface area contributed by atoms with Crippen molar-refractivity contribution in [3.05, 3.63) is 67.3 Å². The molecule has 106 valence electrons. The van der Waals surface area contributed by atoms with Gasteiger partial charge >= 0.3 is 0 Å². The highest BCUT2D eigenvalue weighted by atomic mass is 79.9. The SMILES string of the molecule is NNC(Cc1cc(Br)ccc1F)c1ccc(Cl)cc1Br. The maximum atomic E-state index is 13.8. The Labute approximate surface area is 138 Å². The summed E-state index contributed by atoms with van der Waals surface area (Å²) in [4.78, 5) is 0. The number of hydrogen-bond donors (Lipinski definition) is 2. The van der Waals surface area contributed by atoms with Crippen molar-refractivity contribution in [2.45, 2.75) is 12.5 Å². The summed E-state index contributed by atoms with van der Waals surface area (Å²) in [5.74, 6) is 5.36. The summed E-state index contributed by atoms with van der Waals surface area (Å²) in [6.07, 6.45) is 0.433. The number of rotatable bonds is 4. The van der Waals surface area contributed by atoms with Crippen LogP contribution in [0.25, 0.3) is 0 Å². The van der Waals surface area contributed by atoms with E-state index in [0.717, 1.165) is 14.5 Å². The zero-order valence-corrected chi connectivity index (χ0v) is 14.3. The third kappa shape index (κ3) is 3.80. The summed E-state index contributed by atoms with van der Waals surface area (Å²) >= 11 is 12.7. The van der Waals surface area contributed by atoms with E-state index < -0.39 is 0 Å². The molecule has 0 aliphatic rings. The Morgan fingerprint density at radius 1 is 1.20 bits per heavy atom. The lowest BCUT2D eigenvalue weighted by Crippen LogP contribution is -2.30. The van der Waals surface area contributed by atoms with Crippen molar-refractivity contribution in [2.24, 2.45) is 5.84 Å². The van der Waals surface area contributed by atoms with Gasteiger partial charge in [0, 0.05) is 14.0 Å². The Balaban J connectivity index is 2.31. The average molecular weight is 423 g/mol. The van der Waals surface area contributed by atoms with Gasteiger partial charge in [0.2, 0.25) is 0 Å². The van der Waals surface area contributed by atoms with E-state index in [1.807, 2.05) is 6.07 Å². The van der Waals surface area contributed by atoms with Gasteiger partial charge in [0.15, 0.2) is 0 Å². The van der Waals surface area contributed by atoms with Crippen LogP contribution in [0.15, 0.2) is 45.3 Å². The molecule has 1 unspecified atom stereocenters. The second kappa shape index (κ2) is 7.00. The van der Waals surface area contributed by atoms with Crippen molar-refractivity contribution in [1.29, 1.82) is 0 Å². The lowest BCUT2D eigenvalue weighted by Gasteiger charge is -2.18. The van der Waals surface area contributed by atoms with Crippen molar-refractivity contribution < 1.29 is 4.39 Å². The molecule has 2 rings (SSSR count). The van der Waals surface area contributed by atoms with Gasteiger partial charge in [-0.2, -0.15) is 0 Å². The standard InChI is InChI=1S/C14H12Br2ClFN2/c15-9-1-4-13(18)8(5-9)6-14(20-19)11-3-2-10(17)7-12(11)16/h1-5,7,14,20H,6,19H2. The summed E-state index contributed by atoms with van der Waals surface area (Å²) in [5, 5.41) is 0.630. The highest BCUT2D eigenvalue weighted by Crippen LogP contribution is 2.29. The zero-order chi connectivity index (χ0) is 14.7. The minimum Gasteiger partial charge on any atom is -0.271 e. The third-order valence-corrected chi connectivity index (χ3v) is 4.39. The van der Waals surface area contributed by atoms with E-state index in [1.165, 1.54) is 6.07 Å². The van der Waals surface area contributed by atoms with Gasteiger partial charge in [-0.05, 0) is 47.9 Å². The van der Waals surface area contributed by atoms with Crippen LogP contribution in [0, 0.1) is 5.82 Å². The molecule has 0 spiro atoms. The van der Waals surface area contributed by atoms with Crippen LogP contribution in [-0.2, 0) is 6.42 Å². The second-order valence-corrected chi connectivity index (χ2v) is 6.53. The zero-order valence-electron chi connectivity index (χ0n) is 10.3. The van der Waals surface area contributed by atoms with Crippen molar-refractivity contribution >= 4 is 43.5 Å². The number of hydrazine groups is 1. The minimum atomic E-state index is -0.251. The lowest BCUT2D eigenvalue weighted by molar-refractivity contribution is 0.527. The van der Waals surface area contributed by atoms with Gasteiger partial charge in [-0.15, -0.1) is 0 Å². The minimum absolute atomic E-state index is 0.217. The van der Waals surface area contributed by atoms with Gasteiger partial charge in [-0.1, -0.05) is 49.5 Å². The molecule has 0 heterocycles. The van der Waals surface area contributed by atoms with Gasteiger partial charge in [-0.25, -0.2) is 4.39 Å². The highest BCUT2D eigenvalue weighted by Gasteiger charge is 2.16. The van der Waals surface area contributed by atoms with Crippen molar-refractivity contribution in [1.82, 2.24) is 5.43 Å². The molecule has 0 fully saturated rings. The van der Waals surface area contributed by atoms with Crippen LogP contribution in [0.5, 0.6) is 0 Å². The molecule has 6 heteroatoms. The Kier molecular flexibility index (Phi) is 5.57. The smallest absolute Gasteiger partial charge is 0.126 e. The molecule has 0 aliphatic heterocycles. The molecule has 2 aromatic rings. The van der Waals surface area contributed by atoms with Gasteiger partial charge in [0.05, 0.1) is 6.04 Å². The number of nitrogens with one attached hydrogen (secondary N) is 1. The molecule has 0 saturated carbocycles. The van der Waals surface area contributed by atoms with Crippen molar-refractivity contribution in [3.63, 3.8) is 0 Å². The second-order valence-electron chi connectivity index (χ2n) is 4.32. The molecular formula is C14H12Br2ClFN2. The van der Waals surface area contributed by atoms with E-state index in [4.69, 9.17) is 17.4 Å². The summed E-state index contributed by atoms with van der Waals surface area (Å²) in [7, 11) is 0. The molecule has 3 N–H and O–H groups in total. The van der Waals surface area contributed by atoms with E-state index in [2.05, 4.69) is 37.3 Å². The quantitative estimate of drug-likeness (QED) is 0.551. The summed E-state index contributed by atoms with van der Waals surface area (Å²) in [6, 6.07) is 10.1. The summed E-state index contributed by atoms with van der Waals surface area (Å²) in [5.41, 5.74) is 4.23. The number of hydrogen-bond acceptors (Lipinski definition) is 2. The Hall–Kier alpha value is -0.460. The van der Waals surface area contributed by atoms with E-state index in [9.17, 15) is 4.39 Å². The molecule has 0 saturated heterocycles. The Bertz CT molecular complexity index is 622. The topological polar surface area (TPSA) is 38.0 Å². The molecule has 0 bridgehead atoms. The molecule has 2 aromatic carbocycles. The van der Waals surface area contributed by atoms with Crippen LogP contribution in [0.3, 0.4) is 0 Å². The fraction of sp³-hybridized carbons (Fsp3) is 0.143. The molecule has 0 radical (unpaired) electrons. The number of benzene rings is 2. The molecule has 1 atom stereocenters. The molecular weight excluding hydrogens is 410 g/mol. The average Bonchev–Trinajstić information content (AvgIpc) is 2.40. The maximum absolute atomic E-state index is 13.8. The van der Waals surface area contributed by atoms with Crippen LogP contribution in [0.1, 0.15) is 17.2 Å². The van der Waals surface area contributed by atoms with E-state index in [-0.39, 0.29) is 11.9 Å². The normalized spacial score (nSPS) is 12.4. The van der Waals surface area contributed by atoms with E-state index in [1.54, 1.807) is 24.3 Å². The summed E-state index contributed by atoms with van der Waals surface area (Å²) in [6.45, 7) is 0. The van der Waals surface area contributed by atoms with Crippen molar-refractivity contribution in [2.75, 3.05) is 0 Å². The van der Waals surface area contributed by atoms with E-state index in [0.29, 0.717) is 17.0 Å². The van der Waals surface area contributed by atoms with Gasteiger partial charge in [0.25, 0.3) is 0 Å². The summed E-state index contributed by atoms with van der Waals surface area (Å²) < 4.78 is 15.5. The van der Waals surface area contributed by atoms with Gasteiger partial charge < -0.3 is 0 Å². The van der Waals surface area contributed by atoms with Crippen LogP contribution in [-0.4, -0.2) is 0 Å². The fourth-order valence-electron chi connectivity index (χ4n) is 1.96. The highest BCUT2D eigenvalue weighted by molar-refractivity contribution is 9.10. The first-order valence-corrected chi connectivity index (χ1v) is 7.82. The van der Waals surface area contributed by atoms with Crippen molar-refractivity contribution in [3.8, 4) is 0 Å². The lowest BCUT2D eigenvalue weighted by atomic mass is 9.99. The monoisotopic (exact) mass is 420 g/mol. The molecule has 0 amide bonds. The van der Waals surface area contributed by atoms with Gasteiger partial charge in [0.1, 0.15) is 5.82 Å². The predicted octanol–water partition coefficient (Wildman–Crippen LogP) is 4.75. The van der Waals surface area contributed by atoms with Crippen LogP contribution < -0.4 is 11.3 Å². The van der Waals surface area contributed by atoms with Crippen LogP contribution >= 0.6 is 43.5 Å². The maximum Gasteiger partial charge on any atom is 0.126 e. The molecule has 20 heavy (non-hydrogen) atoms. The van der Waals surface area contributed by atoms with Gasteiger partial charge in [-0.3, -0.25) is 11.3 Å². The predicted molar refractivity (Wildman–Crippen MR) is 87.0 cm³/mol. The van der Waals surface area contributed by atoms with E-state index >= 15 is 0 Å². The largest absolute Gasteiger partial charge is 0.271 e. The fourth-order valence-corrected chi connectivity index (χ4v) is 3.33. The third-order valence-electron chi connectivity index (χ3n) is 2.97. The number of nitrogens with two attached hydrogens (primary N) is 1. The first kappa shape index (κ1) is 15.9. The van der Waals surface area contributed by atoms with Crippen LogP contribution in [0.4, 0.5) is 4.39 Å². The number of halogens is 4. The Morgan fingerprint density at radius 3 is 2.60 bits per heavy atom. The molecule has 0 aromatic heterocycles. The first-order valence-electron chi connectivity index (χ1n) is 5.86.